The van der Waals surface area contributed by atoms with Crippen LogP contribution in [0, 0.1) is 0 Å². The molecule has 0 saturated carbocycles. The molecule has 0 aromatic heterocycles. The van der Waals surface area contributed by atoms with Gasteiger partial charge in [0.15, 0.2) is 0 Å². The van der Waals surface area contributed by atoms with Gasteiger partial charge in [-0.2, -0.15) is 12.6 Å². The molecule has 0 saturated heterocycles. The lowest BCUT2D eigenvalue weighted by Gasteiger charge is -2.19. The molecule has 0 amide bonds. The van der Waals surface area contributed by atoms with Gasteiger partial charge in [-0.15, -0.1) is 0 Å². The predicted molar refractivity (Wildman–Crippen MR) is 81.4 cm³/mol. The van der Waals surface area contributed by atoms with Crippen molar-refractivity contribution < 1.29 is 0 Å². The van der Waals surface area contributed by atoms with E-state index in [9.17, 15) is 0 Å². The Balaban J connectivity index is 2.53. The summed E-state index contributed by atoms with van der Waals surface area (Å²) in [5, 5.41) is 8.48. The van der Waals surface area contributed by atoms with Gasteiger partial charge in [0, 0.05) is 32.4 Å². The molecule has 0 radical (unpaired) electrons. The van der Waals surface area contributed by atoms with Crippen LogP contribution in [0.2, 0.25) is 0 Å². The molecule has 1 heterocycles. The van der Waals surface area contributed by atoms with Crippen molar-refractivity contribution in [1.82, 2.24) is 5.01 Å². The summed E-state index contributed by atoms with van der Waals surface area (Å²) >= 11 is 4.69. The molecule has 0 spiro atoms. The number of anilines is 2. The van der Waals surface area contributed by atoms with E-state index >= 15 is 0 Å². The Kier molecular flexibility index (Phi) is 4.04. The van der Waals surface area contributed by atoms with Gasteiger partial charge in [0.05, 0.1) is 11.4 Å². The van der Waals surface area contributed by atoms with E-state index in [2.05, 4.69) is 42.3 Å². The average molecular weight is 266 g/mol. The van der Waals surface area contributed by atoms with Gasteiger partial charge < -0.3 is 10.6 Å². The van der Waals surface area contributed by atoms with Crippen LogP contribution in [-0.4, -0.2) is 32.2 Å². The molecule has 0 fully saturated rings. The second kappa shape index (κ2) is 5.38. The van der Waals surface area contributed by atoms with Gasteiger partial charge in [-0.1, -0.05) is 6.92 Å². The first-order chi connectivity index (χ1) is 8.56. The smallest absolute Gasteiger partial charge is 0.0576 e. The number of fused-ring (bicyclic) bond motifs is 1. The van der Waals surface area contributed by atoms with Crippen molar-refractivity contribution in [2.24, 2.45) is 5.84 Å². The first kappa shape index (κ1) is 13.5. The molecule has 5 heteroatoms. The first-order valence-electron chi connectivity index (χ1n) is 6.27. The third kappa shape index (κ3) is 2.43. The van der Waals surface area contributed by atoms with Crippen LogP contribution < -0.4 is 16.5 Å². The van der Waals surface area contributed by atoms with E-state index in [0.717, 1.165) is 24.5 Å². The number of nitrogens with zero attached hydrogens (tertiary/aromatic N) is 1. The Bertz CT molecular complexity index is 396. The Morgan fingerprint density at radius 2 is 1.72 bits per heavy atom. The maximum atomic E-state index is 5.99. The van der Waals surface area contributed by atoms with E-state index in [1.807, 2.05) is 19.1 Å². The molecule has 1 aliphatic heterocycles. The van der Waals surface area contributed by atoms with Crippen molar-refractivity contribution in [2.45, 2.75) is 18.1 Å². The summed E-state index contributed by atoms with van der Waals surface area (Å²) in [5.41, 5.74) is 4.84. The molecular formula is C13H22N4S. The molecule has 1 aromatic rings. The molecule has 2 rings (SSSR count). The largest absolute Gasteiger partial charge is 0.386 e. The van der Waals surface area contributed by atoms with Crippen molar-refractivity contribution in [3.63, 3.8) is 0 Å². The molecule has 100 valence electrons. The number of hydrazine groups is 1. The average Bonchev–Trinajstić information content (AvgIpc) is 2.45. The van der Waals surface area contributed by atoms with Crippen LogP contribution in [-0.2, 0) is 0 Å². The normalized spacial score (nSPS) is 24.3. The summed E-state index contributed by atoms with van der Waals surface area (Å²) in [7, 11) is 3.88. The number of benzene rings is 1. The molecule has 4 N–H and O–H groups in total. The van der Waals surface area contributed by atoms with Crippen LogP contribution in [0.3, 0.4) is 0 Å². The lowest BCUT2D eigenvalue weighted by molar-refractivity contribution is 0.280. The molecular weight excluding hydrogens is 244 g/mol. The van der Waals surface area contributed by atoms with Crippen molar-refractivity contribution in [2.75, 3.05) is 37.8 Å². The maximum absolute atomic E-state index is 5.99. The van der Waals surface area contributed by atoms with E-state index in [0.29, 0.717) is 5.92 Å². The zero-order valence-corrected chi connectivity index (χ0v) is 12.1. The maximum Gasteiger partial charge on any atom is 0.0576 e. The topological polar surface area (TPSA) is 53.3 Å². The second-order valence-electron chi connectivity index (χ2n) is 4.90. The molecule has 1 aliphatic rings. The molecule has 0 unspecified atom stereocenters. The highest BCUT2D eigenvalue weighted by Gasteiger charge is 2.24. The fraction of sp³-hybridized carbons (Fsp3) is 0.538. The zero-order valence-electron chi connectivity index (χ0n) is 11.2. The monoisotopic (exact) mass is 266 g/mol. The van der Waals surface area contributed by atoms with Gasteiger partial charge in [0.25, 0.3) is 0 Å². The predicted octanol–water partition coefficient (Wildman–Crippen LogP) is 2.03. The Hall–Kier alpha value is -0.910. The Morgan fingerprint density at radius 1 is 1.17 bits per heavy atom. The summed E-state index contributed by atoms with van der Waals surface area (Å²) in [6, 6.07) is 4.41. The SMILES string of the molecule is CNc1cc2c(cc1NC)[C@@H](C)CN(N)C[C@H]2S. The van der Waals surface area contributed by atoms with Crippen LogP contribution in [0.25, 0.3) is 0 Å². The van der Waals surface area contributed by atoms with Crippen molar-refractivity contribution in [3.8, 4) is 0 Å². The van der Waals surface area contributed by atoms with E-state index < -0.39 is 0 Å². The van der Waals surface area contributed by atoms with E-state index in [1.165, 1.54) is 11.1 Å². The van der Waals surface area contributed by atoms with Gasteiger partial charge >= 0.3 is 0 Å². The van der Waals surface area contributed by atoms with Gasteiger partial charge in [-0.25, -0.2) is 5.01 Å². The standard InChI is InChI=1S/C13H22N4S/c1-8-6-17(14)7-13(18)10-5-12(16-3)11(15-2)4-9(8)10/h4-5,8,13,15-16,18H,6-7,14H2,1-3H3/t8-,13+/m0/s1. The minimum atomic E-state index is 0.160. The van der Waals surface area contributed by atoms with E-state index in [1.54, 1.807) is 0 Å². The minimum Gasteiger partial charge on any atom is -0.386 e. The van der Waals surface area contributed by atoms with E-state index in [4.69, 9.17) is 5.84 Å². The highest BCUT2D eigenvalue weighted by atomic mass is 32.1. The fourth-order valence-electron chi connectivity index (χ4n) is 2.61. The molecule has 2 atom stereocenters. The third-order valence-electron chi connectivity index (χ3n) is 3.57. The molecule has 18 heavy (non-hydrogen) atoms. The summed E-state index contributed by atoms with van der Waals surface area (Å²) in [6.07, 6.45) is 0. The number of nitrogens with two attached hydrogens (primary N) is 1. The van der Waals surface area contributed by atoms with Crippen molar-refractivity contribution >= 4 is 24.0 Å². The van der Waals surface area contributed by atoms with E-state index in [-0.39, 0.29) is 5.25 Å². The van der Waals surface area contributed by atoms with Crippen molar-refractivity contribution in [1.29, 1.82) is 0 Å². The summed E-state index contributed by atoms with van der Waals surface area (Å²) in [4.78, 5) is 0. The summed E-state index contributed by atoms with van der Waals surface area (Å²) in [5.74, 6) is 6.41. The van der Waals surface area contributed by atoms with Gasteiger partial charge in [-0.3, -0.25) is 5.84 Å². The Morgan fingerprint density at radius 3 is 2.28 bits per heavy atom. The Labute approximate surface area is 114 Å². The van der Waals surface area contributed by atoms with Crippen LogP contribution in [0.15, 0.2) is 12.1 Å². The highest BCUT2D eigenvalue weighted by molar-refractivity contribution is 7.80. The van der Waals surface area contributed by atoms with Gasteiger partial charge in [-0.05, 0) is 29.2 Å². The number of hydrogen-bond acceptors (Lipinski definition) is 5. The van der Waals surface area contributed by atoms with Crippen LogP contribution in [0.5, 0.6) is 0 Å². The molecule has 0 bridgehead atoms. The highest BCUT2D eigenvalue weighted by Crippen LogP contribution is 2.38. The van der Waals surface area contributed by atoms with Crippen LogP contribution in [0.4, 0.5) is 11.4 Å². The summed E-state index contributed by atoms with van der Waals surface area (Å²) in [6.45, 7) is 3.86. The molecule has 4 nitrogen and oxygen atoms in total. The number of thiol groups is 1. The summed E-state index contributed by atoms with van der Waals surface area (Å²) < 4.78 is 0. The quantitative estimate of drug-likeness (QED) is 0.489. The van der Waals surface area contributed by atoms with Crippen molar-refractivity contribution in [3.05, 3.63) is 23.3 Å². The van der Waals surface area contributed by atoms with Gasteiger partial charge in [0.1, 0.15) is 0 Å². The fourth-order valence-corrected chi connectivity index (χ4v) is 3.04. The zero-order chi connectivity index (χ0) is 13.3. The minimum absolute atomic E-state index is 0.160. The first-order valence-corrected chi connectivity index (χ1v) is 6.79. The lowest BCUT2D eigenvalue weighted by Crippen LogP contribution is -2.34. The number of hydrogen-bond donors (Lipinski definition) is 4. The van der Waals surface area contributed by atoms with Gasteiger partial charge in [0.2, 0.25) is 0 Å². The lowest BCUT2D eigenvalue weighted by atomic mass is 9.93. The number of nitrogens with one attached hydrogen (secondary N) is 2. The number of rotatable bonds is 2. The third-order valence-corrected chi connectivity index (χ3v) is 4.01. The molecule has 0 aliphatic carbocycles. The van der Waals surface area contributed by atoms with Crippen LogP contribution >= 0.6 is 12.6 Å². The molecule has 1 aromatic carbocycles. The second-order valence-corrected chi connectivity index (χ2v) is 5.52. The van der Waals surface area contributed by atoms with Crippen LogP contribution in [0.1, 0.15) is 29.2 Å².